The van der Waals surface area contributed by atoms with E-state index in [9.17, 15) is 13.2 Å². The van der Waals surface area contributed by atoms with Crippen molar-refractivity contribution < 1.29 is 17.8 Å². The van der Waals surface area contributed by atoms with E-state index in [0.717, 1.165) is 10.8 Å². The van der Waals surface area contributed by atoms with Crippen LogP contribution in [0.3, 0.4) is 0 Å². The van der Waals surface area contributed by atoms with Crippen LogP contribution in [0.5, 0.6) is 0 Å². The number of benzene rings is 2. The molecule has 96 valence electrons. The zero-order valence-electron chi connectivity index (χ0n) is 9.78. The fourth-order valence-corrected chi connectivity index (χ4v) is 2.95. The second-order valence-corrected chi connectivity index (χ2v) is 5.98. The summed E-state index contributed by atoms with van der Waals surface area (Å²) >= 11 is 0. The summed E-state index contributed by atoms with van der Waals surface area (Å²) in [4.78, 5) is 12.1. The molecule has 2 aromatic carbocycles. The minimum absolute atomic E-state index is 0.323. The Balaban J connectivity index is 2.24. The van der Waals surface area contributed by atoms with Gasteiger partial charge in [0.1, 0.15) is 0 Å². The average molecular weight is 274 g/mol. The highest BCUT2D eigenvalue weighted by Crippen LogP contribution is 2.27. The lowest BCUT2D eigenvalue weighted by Crippen LogP contribution is -2.30. The molecule has 0 bridgehead atoms. The smallest absolute Gasteiger partial charge is 0.279 e. The number of Topliss-reactive ketones (excluding diaryl/α,β-unsaturated/α-hetero) is 1. The van der Waals surface area contributed by atoms with Gasteiger partial charge in [0.2, 0.25) is 0 Å². The molecule has 5 heteroatoms. The highest BCUT2D eigenvalue weighted by molar-refractivity contribution is 7.87. The van der Waals surface area contributed by atoms with E-state index in [1.54, 1.807) is 12.1 Å². The van der Waals surface area contributed by atoms with Gasteiger partial charge in [0.25, 0.3) is 10.1 Å². The molecule has 4 nitrogen and oxygen atoms in total. The van der Waals surface area contributed by atoms with Gasteiger partial charge in [-0.2, -0.15) is 8.42 Å². The Kier molecular flexibility index (Phi) is 2.55. The van der Waals surface area contributed by atoms with Gasteiger partial charge in [-0.25, -0.2) is 0 Å². The van der Waals surface area contributed by atoms with Crippen LogP contribution in [-0.4, -0.2) is 24.0 Å². The van der Waals surface area contributed by atoms with E-state index in [0.29, 0.717) is 11.1 Å². The first-order valence-electron chi connectivity index (χ1n) is 5.68. The van der Waals surface area contributed by atoms with Gasteiger partial charge in [-0.05, 0) is 28.5 Å². The lowest BCUT2D eigenvalue weighted by atomic mass is 9.93. The van der Waals surface area contributed by atoms with Crippen LogP contribution in [0.25, 0.3) is 16.8 Å². The SMILES string of the molecule is O=C1c2cc3ccccc3cc2C=CC1S(=O)(=O)O. The van der Waals surface area contributed by atoms with Gasteiger partial charge in [-0.3, -0.25) is 9.35 Å². The Morgan fingerprint density at radius 1 is 1.05 bits per heavy atom. The first kappa shape index (κ1) is 12.1. The summed E-state index contributed by atoms with van der Waals surface area (Å²) in [5, 5.41) is 0.337. The molecule has 0 fully saturated rings. The van der Waals surface area contributed by atoms with E-state index in [4.69, 9.17) is 4.55 Å². The number of hydrogen-bond donors (Lipinski definition) is 1. The molecule has 0 radical (unpaired) electrons. The maximum atomic E-state index is 12.1. The third-order valence-corrected chi connectivity index (χ3v) is 4.23. The van der Waals surface area contributed by atoms with E-state index in [2.05, 4.69) is 0 Å². The molecule has 0 heterocycles. The van der Waals surface area contributed by atoms with Crippen LogP contribution >= 0.6 is 0 Å². The van der Waals surface area contributed by atoms with Gasteiger partial charge < -0.3 is 0 Å². The summed E-state index contributed by atoms with van der Waals surface area (Å²) in [5.41, 5.74) is 0.993. The second-order valence-electron chi connectivity index (χ2n) is 4.45. The molecule has 3 rings (SSSR count). The van der Waals surface area contributed by atoms with E-state index in [-0.39, 0.29) is 0 Å². The van der Waals surface area contributed by atoms with Crippen LogP contribution < -0.4 is 0 Å². The summed E-state index contributed by atoms with van der Waals surface area (Å²) in [6.07, 6.45) is 2.77. The monoisotopic (exact) mass is 274 g/mol. The zero-order chi connectivity index (χ0) is 13.6. The lowest BCUT2D eigenvalue weighted by molar-refractivity contribution is 0.0995. The lowest BCUT2D eigenvalue weighted by Gasteiger charge is -2.16. The van der Waals surface area contributed by atoms with Gasteiger partial charge in [-0.1, -0.05) is 36.4 Å². The number of carbonyl (C=O) groups excluding carboxylic acids is 1. The van der Waals surface area contributed by atoms with Gasteiger partial charge >= 0.3 is 0 Å². The molecule has 1 unspecified atom stereocenters. The van der Waals surface area contributed by atoms with Crippen molar-refractivity contribution in [1.82, 2.24) is 0 Å². The summed E-state index contributed by atoms with van der Waals surface area (Å²) < 4.78 is 31.4. The molecule has 0 aliphatic heterocycles. The molecule has 0 aromatic heterocycles. The third-order valence-electron chi connectivity index (χ3n) is 3.21. The molecule has 1 aliphatic rings. The largest absolute Gasteiger partial charge is 0.292 e. The van der Waals surface area contributed by atoms with E-state index < -0.39 is 21.2 Å². The molecule has 2 aromatic rings. The first-order valence-corrected chi connectivity index (χ1v) is 7.19. The van der Waals surface area contributed by atoms with Gasteiger partial charge in [0.05, 0.1) is 0 Å². The minimum atomic E-state index is -4.41. The second kappa shape index (κ2) is 4.01. The summed E-state index contributed by atoms with van der Waals surface area (Å²) in [7, 11) is -4.41. The molecule has 1 aliphatic carbocycles. The maximum Gasteiger partial charge on any atom is 0.279 e. The predicted octanol–water partition coefficient (Wildman–Crippen LogP) is 2.31. The normalized spacial score (nSPS) is 18.6. The fraction of sp³-hybridized carbons (Fsp3) is 0.0714. The van der Waals surface area contributed by atoms with Crippen LogP contribution in [0.15, 0.2) is 42.5 Å². The molecule has 1 atom stereocenters. The van der Waals surface area contributed by atoms with Gasteiger partial charge in [-0.15, -0.1) is 0 Å². The van der Waals surface area contributed by atoms with Crippen LogP contribution in [0.4, 0.5) is 0 Å². The van der Waals surface area contributed by atoms with Crippen LogP contribution in [0.1, 0.15) is 15.9 Å². The maximum absolute atomic E-state index is 12.1. The molecular formula is C14H10O4S. The van der Waals surface area contributed by atoms with Crippen molar-refractivity contribution in [2.24, 2.45) is 0 Å². The van der Waals surface area contributed by atoms with Crippen LogP contribution in [0, 0.1) is 0 Å². The Bertz CT molecular complexity index is 818. The van der Waals surface area contributed by atoms with E-state index in [1.165, 1.54) is 6.08 Å². The van der Waals surface area contributed by atoms with Crippen molar-refractivity contribution in [3.8, 4) is 0 Å². The van der Waals surface area contributed by atoms with E-state index >= 15 is 0 Å². The van der Waals surface area contributed by atoms with Crippen molar-refractivity contribution in [2.45, 2.75) is 5.25 Å². The number of fused-ring (bicyclic) bond motifs is 2. The standard InChI is InChI=1S/C14H10O4S/c15-14-12-8-10-4-2-1-3-9(10)7-11(12)5-6-13(14)19(16,17)18/h1-8,13H,(H,16,17,18). The number of ketones is 1. The zero-order valence-corrected chi connectivity index (χ0v) is 10.6. The Labute approximate surface area is 110 Å². The van der Waals surface area contributed by atoms with Crippen LogP contribution in [0.2, 0.25) is 0 Å². The van der Waals surface area contributed by atoms with Crippen molar-refractivity contribution in [1.29, 1.82) is 0 Å². The molecule has 19 heavy (non-hydrogen) atoms. The topological polar surface area (TPSA) is 71.4 Å². The van der Waals surface area contributed by atoms with Crippen molar-refractivity contribution in [3.05, 3.63) is 53.6 Å². The third kappa shape index (κ3) is 1.97. The van der Waals surface area contributed by atoms with Gasteiger partial charge in [0, 0.05) is 5.56 Å². The molecule has 0 saturated carbocycles. The molecule has 0 amide bonds. The van der Waals surface area contributed by atoms with Crippen molar-refractivity contribution >= 4 is 32.7 Å². The first-order chi connectivity index (χ1) is 8.97. The average Bonchev–Trinajstić information content (AvgIpc) is 2.36. The predicted molar refractivity (Wildman–Crippen MR) is 72.6 cm³/mol. The number of carbonyl (C=O) groups is 1. The highest BCUT2D eigenvalue weighted by Gasteiger charge is 2.33. The summed E-state index contributed by atoms with van der Waals surface area (Å²) in [5.74, 6) is -0.592. The van der Waals surface area contributed by atoms with Gasteiger partial charge in [0.15, 0.2) is 11.0 Å². The van der Waals surface area contributed by atoms with E-state index in [1.807, 2.05) is 30.3 Å². The molecule has 0 saturated heterocycles. The van der Waals surface area contributed by atoms with Crippen molar-refractivity contribution in [2.75, 3.05) is 0 Å². The number of hydrogen-bond acceptors (Lipinski definition) is 3. The Morgan fingerprint density at radius 3 is 2.32 bits per heavy atom. The summed E-state index contributed by atoms with van der Waals surface area (Å²) in [6.45, 7) is 0. The molecular weight excluding hydrogens is 264 g/mol. The Morgan fingerprint density at radius 2 is 1.68 bits per heavy atom. The number of rotatable bonds is 1. The quantitative estimate of drug-likeness (QED) is 0.810. The fourth-order valence-electron chi connectivity index (χ4n) is 2.28. The molecule has 1 N–H and O–H groups in total. The minimum Gasteiger partial charge on any atom is -0.292 e. The Hall–Kier alpha value is -1.98. The molecule has 0 spiro atoms. The highest BCUT2D eigenvalue weighted by atomic mass is 32.2. The van der Waals surface area contributed by atoms with Crippen molar-refractivity contribution in [3.63, 3.8) is 0 Å². The summed E-state index contributed by atoms with van der Waals surface area (Å²) in [6, 6.07) is 11.0. The van der Waals surface area contributed by atoms with Crippen LogP contribution in [-0.2, 0) is 10.1 Å².